The number of anilines is 1. The van der Waals surface area contributed by atoms with Gasteiger partial charge in [0.15, 0.2) is 5.78 Å². The first-order chi connectivity index (χ1) is 7.13. The molecule has 1 saturated heterocycles. The number of Topliss-reactive ketones (excluding diaryl/α,β-unsaturated/α-hetero) is 1. The van der Waals surface area contributed by atoms with E-state index < -0.39 is 0 Å². The van der Waals surface area contributed by atoms with Crippen molar-refractivity contribution in [3.05, 3.63) is 11.3 Å². The lowest BCUT2D eigenvalue weighted by molar-refractivity contribution is -0.121. The quantitative estimate of drug-likeness (QED) is 0.609. The van der Waals surface area contributed by atoms with E-state index in [2.05, 4.69) is 5.16 Å². The molecule has 0 atom stereocenters. The van der Waals surface area contributed by atoms with Crippen LogP contribution in [0.4, 0.5) is 5.88 Å². The predicted octanol–water partition coefficient (Wildman–Crippen LogP) is 0.160. The molecule has 0 spiro atoms. The maximum Gasteiger partial charge on any atom is 0.252 e. The van der Waals surface area contributed by atoms with Crippen molar-refractivity contribution in [1.82, 2.24) is 5.16 Å². The first kappa shape index (κ1) is 9.40. The van der Waals surface area contributed by atoms with Gasteiger partial charge >= 0.3 is 0 Å². The Bertz CT molecular complexity index is 483. The number of rotatable bonds is 1. The summed E-state index contributed by atoms with van der Waals surface area (Å²) in [6, 6.07) is 1.89. The SMILES string of the molecule is Cc1noc(N2CC(=O)CC2=O)c1C#N. The fraction of sp³-hybridized carbons (Fsp3) is 0.333. The summed E-state index contributed by atoms with van der Waals surface area (Å²) in [4.78, 5) is 23.6. The van der Waals surface area contributed by atoms with E-state index in [0.717, 1.165) is 4.90 Å². The van der Waals surface area contributed by atoms with E-state index in [1.165, 1.54) is 0 Å². The Hall–Kier alpha value is -2.16. The summed E-state index contributed by atoms with van der Waals surface area (Å²) < 4.78 is 4.87. The molecule has 1 aliphatic heterocycles. The third-order valence-corrected chi connectivity index (χ3v) is 2.19. The average Bonchev–Trinajstić information content (AvgIpc) is 2.69. The standard InChI is InChI=1S/C9H7N3O3/c1-5-7(3-10)9(15-11-5)12-4-6(13)2-8(12)14/h2,4H2,1H3. The molecule has 1 fully saturated rings. The van der Waals surface area contributed by atoms with Gasteiger partial charge in [-0.1, -0.05) is 5.16 Å². The number of hydrogen-bond acceptors (Lipinski definition) is 5. The fourth-order valence-corrected chi connectivity index (χ4v) is 1.44. The highest BCUT2D eigenvalue weighted by Gasteiger charge is 2.33. The molecule has 1 aromatic heterocycles. The van der Waals surface area contributed by atoms with Crippen LogP contribution in [0.2, 0.25) is 0 Å². The number of carbonyl (C=O) groups excluding carboxylic acids is 2. The number of ketones is 1. The summed E-state index contributed by atoms with van der Waals surface area (Å²) in [5.41, 5.74) is 0.623. The Morgan fingerprint density at radius 1 is 1.53 bits per heavy atom. The molecule has 15 heavy (non-hydrogen) atoms. The van der Waals surface area contributed by atoms with Gasteiger partial charge < -0.3 is 4.52 Å². The van der Waals surface area contributed by atoms with Crippen LogP contribution in [0.3, 0.4) is 0 Å². The first-order valence-electron chi connectivity index (χ1n) is 4.32. The molecule has 0 bridgehead atoms. The third-order valence-electron chi connectivity index (χ3n) is 2.19. The van der Waals surface area contributed by atoms with Gasteiger partial charge in [0, 0.05) is 0 Å². The Morgan fingerprint density at radius 2 is 2.27 bits per heavy atom. The Kier molecular flexibility index (Phi) is 2.01. The van der Waals surface area contributed by atoms with Gasteiger partial charge in [-0.3, -0.25) is 14.5 Å². The summed E-state index contributed by atoms with van der Waals surface area (Å²) in [5, 5.41) is 12.4. The zero-order chi connectivity index (χ0) is 11.0. The number of aromatic nitrogens is 1. The molecule has 2 heterocycles. The minimum absolute atomic E-state index is 0.0395. The van der Waals surface area contributed by atoms with E-state index in [-0.39, 0.29) is 36.1 Å². The molecule has 1 aliphatic rings. The Morgan fingerprint density at radius 3 is 2.80 bits per heavy atom. The molecule has 0 N–H and O–H groups in total. The lowest BCUT2D eigenvalue weighted by Gasteiger charge is -2.09. The van der Waals surface area contributed by atoms with Gasteiger partial charge in [-0.2, -0.15) is 5.26 Å². The van der Waals surface area contributed by atoms with E-state index in [1.54, 1.807) is 6.92 Å². The van der Waals surface area contributed by atoms with E-state index in [9.17, 15) is 9.59 Å². The van der Waals surface area contributed by atoms with Gasteiger partial charge in [0.1, 0.15) is 17.3 Å². The predicted molar refractivity (Wildman–Crippen MR) is 47.9 cm³/mol. The van der Waals surface area contributed by atoms with E-state index >= 15 is 0 Å². The number of amides is 1. The van der Waals surface area contributed by atoms with Crippen molar-refractivity contribution in [2.45, 2.75) is 13.3 Å². The van der Waals surface area contributed by atoms with Gasteiger partial charge in [-0.25, -0.2) is 0 Å². The monoisotopic (exact) mass is 205 g/mol. The summed E-state index contributed by atoms with van der Waals surface area (Å²) >= 11 is 0. The van der Waals surface area contributed by atoms with Gasteiger partial charge in [0.2, 0.25) is 5.91 Å². The van der Waals surface area contributed by atoms with Crippen LogP contribution in [0, 0.1) is 18.3 Å². The molecule has 1 amide bonds. The van der Waals surface area contributed by atoms with Crippen LogP contribution in [-0.2, 0) is 9.59 Å². The second-order valence-electron chi connectivity index (χ2n) is 3.26. The average molecular weight is 205 g/mol. The number of nitriles is 1. The van der Waals surface area contributed by atoms with Crippen molar-refractivity contribution >= 4 is 17.6 Å². The highest BCUT2D eigenvalue weighted by atomic mass is 16.5. The fourth-order valence-electron chi connectivity index (χ4n) is 1.44. The van der Waals surface area contributed by atoms with Crippen molar-refractivity contribution < 1.29 is 14.1 Å². The molecule has 1 aromatic rings. The van der Waals surface area contributed by atoms with Gasteiger partial charge in [0.05, 0.1) is 13.0 Å². The van der Waals surface area contributed by atoms with Crippen LogP contribution in [0.15, 0.2) is 4.52 Å². The largest absolute Gasteiger partial charge is 0.336 e. The Balaban J connectivity index is 2.43. The van der Waals surface area contributed by atoms with Crippen molar-refractivity contribution in [3.8, 4) is 6.07 Å². The molecule has 6 heteroatoms. The molecule has 0 unspecified atom stereocenters. The lowest BCUT2D eigenvalue weighted by atomic mass is 10.2. The zero-order valence-electron chi connectivity index (χ0n) is 7.98. The minimum Gasteiger partial charge on any atom is -0.336 e. The molecule has 0 saturated carbocycles. The molecule has 0 aromatic carbocycles. The number of nitrogens with zero attached hydrogens (tertiary/aromatic N) is 3. The first-order valence-corrected chi connectivity index (χ1v) is 4.32. The van der Waals surface area contributed by atoms with Crippen molar-refractivity contribution in [2.24, 2.45) is 0 Å². The van der Waals surface area contributed by atoms with Crippen LogP contribution < -0.4 is 4.90 Å². The Labute approximate surface area is 85.1 Å². The van der Waals surface area contributed by atoms with E-state index in [1.807, 2.05) is 6.07 Å². The van der Waals surface area contributed by atoms with Crippen molar-refractivity contribution in [3.63, 3.8) is 0 Å². The van der Waals surface area contributed by atoms with E-state index in [4.69, 9.17) is 9.78 Å². The number of hydrogen-bond donors (Lipinski definition) is 0. The molecular formula is C9H7N3O3. The maximum absolute atomic E-state index is 11.4. The van der Waals surface area contributed by atoms with Crippen LogP contribution >= 0.6 is 0 Å². The second-order valence-corrected chi connectivity index (χ2v) is 3.26. The molecule has 76 valence electrons. The molecule has 0 aliphatic carbocycles. The molecular weight excluding hydrogens is 198 g/mol. The number of aryl methyl sites for hydroxylation is 1. The van der Waals surface area contributed by atoms with Crippen LogP contribution in [0.5, 0.6) is 0 Å². The maximum atomic E-state index is 11.4. The van der Waals surface area contributed by atoms with Crippen LogP contribution in [-0.4, -0.2) is 23.4 Å². The minimum atomic E-state index is -0.354. The highest BCUT2D eigenvalue weighted by Crippen LogP contribution is 2.25. The summed E-state index contributed by atoms with van der Waals surface area (Å²) in [6.07, 6.45) is -0.134. The summed E-state index contributed by atoms with van der Waals surface area (Å²) in [7, 11) is 0. The smallest absolute Gasteiger partial charge is 0.252 e. The third kappa shape index (κ3) is 1.38. The van der Waals surface area contributed by atoms with Crippen LogP contribution in [0.25, 0.3) is 0 Å². The molecule has 2 rings (SSSR count). The van der Waals surface area contributed by atoms with Gasteiger partial charge in [-0.15, -0.1) is 0 Å². The normalized spacial score (nSPS) is 15.9. The molecule has 6 nitrogen and oxygen atoms in total. The van der Waals surface area contributed by atoms with Crippen LogP contribution in [0.1, 0.15) is 17.7 Å². The summed E-state index contributed by atoms with van der Waals surface area (Å²) in [5.74, 6) is -0.462. The zero-order valence-corrected chi connectivity index (χ0v) is 7.98. The lowest BCUT2D eigenvalue weighted by Crippen LogP contribution is -2.24. The topological polar surface area (TPSA) is 87.2 Å². The van der Waals surface area contributed by atoms with Crippen molar-refractivity contribution in [1.29, 1.82) is 5.26 Å². The second kappa shape index (κ2) is 3.20. The van der Waals surface area contributed by atoms with Gasteiger partial charge in [0.25, 0.3) is 5.88 Å². The molecule has 0 radical (unpaired) electrons. The number of carbonyl (C=O) groups is 2. The highest BCUT2D eigenvalue weighted by molar-refractivity contribution is 6.14. The van der Waals surface area contributed by atoms with Crippen molar-refractivity contribution in [2.75, 3.05) is 11.4 Å². The summed E-state index contributed by atoms with van der Waals surface area (Å²) in [6.45, 7) is 1.57. The van der Waals surface area contributed by atoms with Gasteiger partial charge in [-0.05, 0) is 6.92 Å². The van der Waals surface area contributed by atoms with E-state index in [0.29, 0.717) is 5.69 Å².